The van der Waals surface area contributed by atoms with Crippen molar-refractivity contribution >= 4 is 29.3 Å². The van der Waals surface area contributed by atoms with Gasteiger partial charge in [-0.05, 0) is 46.8 Å². The average Bonchev–Trinajstić information content (AvgIpc) is 3.09. The summed E-state index contributed by atoms with van der Waals surface area (Å²) >= 11 is 1.17. The zero-order valence-corrected chi connectivity index (χ0v) is 13.6. The molecule has 0 aliphatic carbocycles. The highest BCUT2D eigenvalue weighted by Crippen LogP contribution is 2.20. The molecule has 0 aliphatic rings. The highest BCUT2D eigenvalue weighted by molar-refractivity contribution is 7.99. The number of nitrogens with zero attached hydrogens (tertiary/aromatic N) is 5. The number of carbonyl (C=O) groups excluding carboxylic acids is 1. The summed E-state index contributed by atoms with van der Waals surface area (Å²) in [5, 5.41) is 20.7. The summed E-state index contributed by atoms with van der Waals surface area (Å²) in [5.41, 5.74) is 6.71. The lowest BCUT2D eigenvalue weighted by Gasteiger charge is -2.04. The quantitative estimate of drug-likeness (QED) is 0.494. The summed E-state index contributed by atoms with van der Waals surface area (Å²) in [6.45, 7) is 0. The maximum absolute atomic E-state index is 12.2. The number of carboxylic acid groups (broad SMARTS) is 1. The molecule has 1 aromatic carbocycles. The number of benzene rings is 1. The molecule has 0 spiro atoms. The lowest BCUT2D eigenvalue weighted by Crippen LogP contribution is -2.06. The molecule has 0 aliphatic heterocycles. The minimum atomic E-state index is -1.01. The Morgan fingerprint density at radius 2 is 1.84 bits per heavy atom. The van der Waals surface area contributed by atoms with E-state index in [0.29, 0.717) is 22.2 Å². The van der Waals surface area contributed by atoms with E-state index in [1.807, 2.05) is 0 Å². The van der Waals surface area contributed by atoms with Gasteiger partial charge in [0.2, 0.25) is 5.16 Å². The molecule has 2 heterocycles. The summed E-state index contributed by atoms with van der Waals surface area (Å²) in [6.07, 6.45) is 1.42. The SMILES string of the molecule is Nc1ccc(C(=O)CSc2nnnn2-c2ccc(C(=O)O)cc2)cn1. The molecule has 3 aromatic rings. The van der Waals surface area contributed by atoms with Crippen molar-refractivity contribution in [3.8, 4) is 5.69 Å². The molecule has 0 radical (unpaired) electrons. The monoisotopic (exact) mass is 356 g/mol. The van der Waals surface area contributed by atoms with Gasteiger partial charge in [-0.2, -0.15) is 4.68 Å². The molecule has 0 saturated heterocycles. The molecule has 0 unspecified atom stereocenters. The zero-order chi connectivity index (χ0) is 17.8. The first kappa shape index (κ1) is 16.6. The van der Waals surface area contributed by atoms with E-state index in [1.54, 1.807) is 24.3 Å². The van der Waals surface area contributed by atoms with Crippen molar-refractivity contribution in [2.75, 3.05) is 11.5 Å². The van der Waals surface area contributed by atoms with Gasteiger partial charge < -0.3 is 10.8 Å². The van der Waals surface area contributed by atoms with Crippen LogP contribution in [0.2, 0.25) is 0 Å². The first-order chi connectivity index (χ1) is 12.0. The number of hydrogen-bond donors (Lipinski definition) is 2. The van der Waals surface area contributed by atoms with E-state index in [0.717, 1.165) is 0 Å². The van der Waals surface area contributed by atoms with Crippen LogP contribution in [0.3, 0.4) is 0 Å². The number of carbonyl (C=O) groups is 2. The molecule has 3 N–H and O–H groups in total. The smallest absolute Gasteiger partial charge is 0.335 e. The van der Waals surface area contributed by atoms with Crippen molar-refractivity contribution in [3.05, 3.63) is 53.7 Å². The number of thioether (sulfide) groups is 1. The number of hydrogen-bond acceptors (Lipinski definition) is 8. The number of aromatic nitrogens is 5. The number of anilines is 1. The molecule has 10 heteroatoms. The topological polar surface area (TPSA) is 137 Å². The van der Waals surface area contributed by atoms with Gasteiger partial charge in [0.1, 0.15) is 5.82 Å². The number of Topliss-reactive ketones (excluding diaryl/α,β-unsaturated/α-hetero) is 1. The van der Waals surface area contributed by atoms with Crippen LogP contribution < -0.4 is 5.73 Å². The van der Waals surface area contributed by atoms with Crippen LogP contribution >= 0.6 is 11.8 Å². The Hall–Kier alpha value is -3.27. The molecule has 0 atom stereocenters. The Balaban J connectivity index is 1.72. The van der Waals surface area contributed by atoms with Crippen LogP contribution in [0.5, 0.6) is 0 Å². The minimum Gasteiger partial charge on any atom is -0.478 e. The second kappa shape index (κ2) is 7.09. The number of carboxylic acids is 1. The first-order valence-electron chi connectivity index (χ1n) is 7.04. The van der Waals surface area contributed by atoms with Crippen molar-refractivity contribution in [3.63, 3.8) is 0 Å². The highest BCUT2D eigenvalue weighted by atomic mass is 32.2. The van der Waals surface area contributed by atoms with E-state index in [9.17, 15) is 9.59 Å². The van der Waals surface area contributed by atoms with Crippen molar-refractivity contribution in [2.24, 2.45) is 0 Å². The molecule has 126 valence electrons. The summed E-state index contributed by atoms with van der Waals surface area (Å²) in [5.74, 6) is -0.675. The van der Waals surface area contributed by atoms with Crippen LogP contribution in [0.1, 0.15) is 20.7 Å². The minimum absolute atomic E-state index is 0.124. The van der Waals surface area contributed by atoms with Gasteiger partial charge in [-0.3, -0.25) is 4.79 Å². The fourth-order valence-electron chi connectivity index (χ4n) is 1.96. The number of nitrogen functional groups attached to an aromatic ring is 1. The first-order valence-corrected chi connectivity index (χ1v) is 8.03. The van der Waals surface area contributed by atoms with Gasteiger partial charge in [-0.25, -0.2) is 9.78 Å². The molecule has 0 bridgehead atoms. The largest absolute Gasteiger partial charge is 0.478 e. The Morgan fingerprint density at radius 3 is 2.48 bits per heavy atom. The fourth-order valence-corrected chi connectivity index (χ4v) is 2.75. The van der Waals surface area contributed by atoms with Crippen molar-refractivity contribution in [2.45, 2.75) is 5.16 Å². The van der Waals surface area contributed by atoms with E-state index < -0.39 is 5.97 Å². The third-order valence-corrected chi connectivity index (χ3v) is 4.16. The molecule has 3 rings (SSSR count). The number of aromatic carboxylic acids is 1. The van der Waals surface area contributed by atoms with Gasteiger partial charge in [0.15, 0.2) is 5.78 Å². The van der Waals surface area contributed by atoms with Gasteiger partial charge in [-0.15, -0.1) is 5.10 Å². The maximum Gasteiger partial charge on any atom is 0.335 e. The van der Waals surface area contributed by atoms with E-state index >= 15 is 0 Å². The number of pyridine rings is 1. The van der Waals surface area contributed by atoms with Gasteiger partial charge in [0, 0.05) is 11.8 Å². The molecule has 0 fully saturated rings. The Bertz CT molecular complexity index is 908. The lowest BCUT2D eigenvalue weighted by molar-refractivity contribution is 0.0696. The summed E-state index contributed by atoms with van der Waals surface area (Å²) in [4.78, 5) is 27.0. The molecule has 0 saturated carbocycles. The third-order valence-electron chi connectivity index (χ3n) is 3.24. The van der Waals surface area contributed by atoms with Gasteiger partial charge in [0.05, 0.1) is 17.0 Å². The highest BCUT2D eigenvalue weighted by Gasteiger charge is 2.13. The van der Waals surface area contributed by atoms with E-state index in [1.165, 1.54) is 34.8 Å². The summed E-state index contributed by atoms with van der Waals surface area (Å²) in [6, 6.07) is 9.27. The summed E-state index contributed by atoms with van der Waals surface area (Å²) in [7, 11) is 0. The van der Waals surface area contributed by atoms with Crippen LogP contribution in [0.15, 0.2) is 47.8 Å². The van der Waals surface area contributed by atoms with Crippen LogP contribution in [-0.4, -0.2) is 47.8 Å². The van der Waals surface area contributed by atoms with Crippen molar-refractivity contribution < 1.29 is 14.7 Å². The van der Waals surface area contributed by atoms with Crippen LogP contribution in [-0.2, 0) is 0 Å². The molecule has 9 nitrogen and oxygen atoms in total. The third kappa shape index (κ3) is 3.80. The normalized spacial score (nSPS) is 10.6. The molecule has 25 heavy (non-hydrogen) atoms. The molecular weight excluding hydrogens is 344 g/mol. The number of nitrogens with two attached hydrogens (primary N) is 1. The van der Waals surface area contributed by atoms with E-state index in [4.69, 9.17) is 10.8 Å². The predicted octanol–water partition coefficient (Wildman–Crippen LogP) is 1.31. The zero-order valence-electron chi connectivity index (χ0n) is 12.7. The Morgan fingerprint density at radius 1 is 1.12 bits per heavy atom. The molecule has 0 amide bonds. The molecule has 2 aromatic heterocycles. The number of rotatable bonds is 6. The van der Waals surface area contributed by atoms with Crippen molar-refractivity contribution in [1.29, 1.82) is 0 Å². The predicted molar refractivity (Wildman–Crippen MR) is 89.8 cm³/mol. The van der Waals surface area contributed by atoms with Crippen LogP contribution in [0.25, 0.3) is 5.69 Å². The average molecular weight is 356 g/mol. The van der Waals surface area contributed by atoms with Crippen LogP contribution in [0.4, 0.5) is 5.82 Å². The summed E-state index contributed by atoms with van der Waals surface area (Å²) < 4.78 is 1.44. The standard InChI is InChI=1S/C15H12N6O3S/c16-13-6-3-10(7-17-13)12(22)8-25-15-18-19-20-21(15)11-4-1-9(2-5-11)14(23)24/h1-7H,8H2,(H2,16,17)(H,23,24). The molecular formula is C15H12N6O3S. The maximum atomic E-state index is 12.2. The Kier molecular flexibility index (Phi) is 4.70. The van der Waals surface area contributed by atoms with E-state index in [2.05, 4.69) is 20.5 Å². The van der Waals surface area contributed by atoms with Gasteiger partial charge >= 0.3 is 5.97 Å². The fraction of sp³-hybridized carbons (Fsp3) is 0.0667. The number of ketones is 1. The number of tetrazole rings is 1. The lowest BCUT2D eigenvalue weighted by atomic mass is 10.2. The van der Waals surface area contributed by atoms with E-state index in [-0.39, 0.29) is 17.1 Å². The van der Waals surface area contributed by atoms with Gasteiger partial charge in [-0.1, -0.05) is 11.8 Å². The van der Waals surface area contributed by atoms with Crippen molar-refractivity contribution in [1.82, 2.24) is 25.2 Å². The second-order valence-electron chi connectivity index (χ2n) is 4.91. The Labute approximate surface area is 145 Å². The van der Waals surface area contributed by atoms with Gasteiger partial charge in [0.25, 0.3) is 0 Å². The second-order valence-corrected chi connectivity index (χ2v) is 5.85. The van der Waals surface area contributed by atoms with Crippen LogP contribution in [0, 0.1) is 0 Å².